The molecule has 166 valence electrons. The first-order chi connectivity index (χ1) is 14.6. The van der Waals surface area contributed by atoms with E-state index >= 15 is 0 Å². The fourth-order valence-electron chi connectivity index (χ4n) is 4.03. The number of nitrogens with zero attached hydrogens (tertiary/aromatic N) is 1. The Labute approximate surface area is 192 Å². The molecule has 2 saturated heterocycles. The summed E-state index contributed by atoms with van der Waals surface area (Å²) in [6.07, 6.45) is -0.215. The zero-order valence-corrected chi connectivity index (χ0v) is 20.1. The largest absolute Gasteiger partial charge is 0.341 e. The van der Waals surface area contributed by atoms with Crippen molar-refractivity contribution >= 4 is 26.0 Å². The lowest BCUT2D eigenvalue weighted by Crippen LogP contribution is -2.50. The van der Waals surface area contributed by atoms with Crippen LogP contribution in [0.2, 0.25) is 0 Å². The van der Waals surface area contributed by atoms with Crippen molar-refractivity contribution in [3.05, 3.63) is 76.8 Å². The number of sulfonamides is 1. The highest BCUT2D eigenvalue weighted by atomic mass is 79.9. The summed E-state index contributed by atoms with van der Waals surface area (Å²) in [5, 5.41) is 0. The number of ether oxygens (including phenoxy) is 3. The van der Waals surface area contributed by atoms with Crippen molar-refractivity contribution in [3.63, 3.8) is 0 Å². The van der Waals surface area contributed by atoms with Gasteiger partial charge in [0.1, 0.15) is 6.10 Å². The summed E-state index contributed by atoms with van der Waals surface area (Å²) >= 11 is 3.54. The van der Waals surface area contributed by atoms with Gasteiger partial charge in [0.25, 0.3) is 0 Å². The average molecular weight is 508 g/mol. The normalized spacial score (nSPS) is 27.4. The number of hydrogen-bond acceptors (Lipinski definition) is 5. The van der Waals surface area contributed by atoms with E-state index in [1.165, 1.54) is 4.31 Å². The van der Waals surface area contributed by atoms with Gasteiger partial charge in [-0.3, -0.25) is 0 Å². The van der Waals surface area contributed by atoms with Crippen LogP contribution >= 0.6 is 15.9 Å². The monoisotopic (exact) mass is 507 g/mol. The van der Waals surface area contributed by atoms with Gasteiger partial charge in [0.2, 0.25) is 10.0 Å². The summed E-state index contributed by atoms with van der Waals surface area (Å²) in [6, 6.07) is 13.8. The van der Waals surface area contributed by atoms with E-state index in [1.807, 2.05) is 31.2 Å². The second-order valence-corrected chi connectivity index (χ2v) is 11.0. The molecule has 31 heavy (non-hydrogen) atoms. The average Bonchev–Trinajstić information content (AvgIpc) is 3.18. The number of benzene rings is 2. The van der Waals surface area contributed by atoms with Gasteiger partial charge in [0.05, 0.1) is 17.0 Å². The topological polar surface area (TPSA) is 65.1 Å². The summed E-state index contributed by atoms with van der Waals surface area (Å²) in [6.45, 7) is 9.51. The molecule has 4 rings (SSSR count). The van der Waals surface area contributed by atoms with Crippen molar-refractivity contribution in [1.82, 2.24) is 4.31 Å². The minimum Gasteiger partial charge on any atom is -0.341 e. The van der Waals surface area contributed by atoms with Crippen molar-refractivity contribution in [2.75, 3.05) is 0 Å². The van der Waals surface area contributed by atoms with Crippen LogP contribution in [-0.4, -0.2) is 43.0 Å². The molecule has 6 nitrogen and oxygen atoms in total. The minimum absolute atomic E-state index is 0.142. The molecular formula is C23H26BrNO5S. The molecule has 0 aliphatic carbocycles. The van der Waals surface area contributed by atoms with Gasteiger partial charge >= 0.3 is 0 Å². The van der Waals surface area contributed by atoms with Crippen LogP contribution in [0.1, 0.15) is 25.0 Å². The third kappa shape index (κ3) is 4.37. The maximum Gasteiger partial charge on any atom is 0.243 e. The van der Waals surface area contributed by atoms with Gasteiger partial charge in [0, 0.05) is 11.0 Å². The molecular weight excluding hydrogens is 482 g/mol. The number of fused-ring (bicyclic) bond motifs is 1. The summed E-state index contributed by atoms with van der Waals surface area (Å²) in [7, 11) is -3.89. The fourth-order valence-corrected chi connectivity index (χ4v) is 6.06. The Kier molecular flexibility index (Phi) is 6.15. The van der Waals surface area contributed by atoms with Crippen LogP contribution in [0.4, 0.5) is 0 Å². The predicted molar refractivity (Wildman–Crippen MR) is 121 cm³/mol. The Balaban J connectivity index is 1.80. The fraction of sp³-hybridized carbons (Fsp3) is 0.391. The molecule has 8 heteroatoms. The molecule has 2 aliphatic rings. The van der Waals surface area contributed by atoms with Crippen LogP contribution in [-0.2, 0) is 30.8 Å². The lowest BCUT2D eigenvalue weighted by Gasteiger charge is -2.33. The molecule has 0 saturated carbocycles. The third-order valence-electron chi connectivity index (χ3n) is 5.53. The molecule has 0 N–H and O–H groups in total. The van der Waals surface area contributed by atoms with Crippen LogP contribution in [0.3, 0.4) is 0 Å². The first kappa shape index (κ1) is 22.6. The summed E-state index contributed by atoms with van der Waals surface area (Å²) in [4.78, 5) is 0.217. The summed E-state index contributed by atoms with van der Waals surface area (Å²) in [5.74, 6) is -0.869. The van der Waals surface area contributed by atoms with Crippen molar-refractivity contribution in [1.29, 1.82) is 0 Å². The van der Waals surface area contributed by atoms with E-state index in [0.717, 1.165) is 15.6 Å². The van der Waals surface area contributed by atoms with Gasteiger partial charge in [-0.2, -0.15) is 4.31 Å². The standard InChI is InChI=1S/C23H26BrNO5S/c1-5-19-20(21-22(28-19)30-23(3,4)29-21)25(14-16-8-6-7-9-18(16)24)31(26,27)17-12-10-15(2)11-13-17/h5-13,19-22H,1,14H2,2-4H3/t19-,20-,21-,22-/m1/s1. The molecule has 0 radical (unpaired) electrons. The highest BCUT2D eigenvalue weighted by Gasteiger charge is 2.57. The van der Waals surface area contributed by atoms with Crippen LogP contribution in [0, 0.1) is 6.92 Å². The van der Waals surface area contributed by atoms with Crippen LogP contribution in [0.5, 0.6) is 0 Å². The third-order valence-corrected chi connectivity index (χ3v) is 8.16. The quantitative estimate of drug-likeness (QED) is 0.542. The lowest BCUT2D eigenvalue weighted by molar-refractivity contribution is -0.204. The molecule has 2 aromatic carbocycles. The SMILES string of the molecule is C=C[C@H]1O[C@@H]2OC(C)(C)O[C@@H]2[C@@H]1N(Cc1ccccc1Br)S(=O)(=O)c1ccc(C)cc1. The van der Waals surface area contributed by atoms with E-state index in [4.69, 9.17) is 14.2 Å². The number of halogens is 1. The van der Waals surface area contributed by atoms with E-state index in [0.29, 0.717) is 0 Å². The van der Waals surface area contributed by atoms with E-state index in [2.05, 4.69) is 22.5 Å². The maximum absolute atomic E-state index is 13.9. The number of hydrogen-bond donors (Lipinski definition) is 0. The second-order valence-electron chi connectivity index (χ2n) is 8.25. The smallest absolute Gasteiger partial charge is 0.243 e. The zero-order chi connectivity index (χ0) is 22.4. The Morgan fingerprint density at radius 3 is 2.45 bits per heavy atom. The molecule has 0 unspecified atom stereocenters. The Hall–Kier alpha value is -1.55. The molecule has 2 aliphatic heterocycles. The first-order valence-electron chi connectivity index (χ1n) is 10.1. The van der Waals surface area contributed by atoms with Crippen LogP contribution in [0.15, 0.2) is 70.6 Å². The molecule has 2 aromatic rings. The molecule has 2 heterocycles. The van der Waals surface area contributed by atoms with Crippen molar-refractivity contribution in [2.45, 2.75) is 62.5 Å². The van der Waals surface area contributed by atoms with Gasteiger partial charge in [0.15, 0.2) is 12.1 Å². The Morgan fingerprint density at radius 2 is 1.81 bits per heavy atom. The van der Waals surface area contributed by atoms with E-state index < -0.39 is 40.4 Å². The van der Waals surface area contributed by atoms with Gasteiger partial charge < -0.3 is 14.2 Å². The summed E-state index contributed by atoms with van der Waals surface area (Å²) in [5.41, 5.74) is 1.82. The molecule has 0 aromatic heterocycles. The van der Waals surface area contributed by atoms with Gasteiger partial charge in [-0.05, 0) is 44.5 Å². The van der Waals surface area contributed by atoms with Crippen LogP contribution in [0.25, 0.3) is 0 Å². The van der Waals surface area contributed by atoms with Gasteiger partial charge in [-0.1, -0.05) is 57.9 Å². The van der Waals surface area contributed by atoms with Gasteiger partial charge in [-0.15, -0.1) is 6.58 Å². The molecule has 0 spiro atoms. The molecule has 0 bridgehead atoms. The Bertz CT molecular complexity index is 1070. The van der Waals surface area contributed by atoms with Crippen molar-refractivity contribution in [2.24, 2.45) is 0 Å². The highest BCUT2D eigenvalue weighted by Crippen LogP contribution is 2.42. The number of rotatable bonds is 6. The maximum atomic E-state index is 13.9. The summed E-state index contributed by atoms with van der Waals surface area (Å²) < 4.78 is 48.0. The molecule has 0 amide bonds. The zero-order valence-electron chi connectivity index (χ0n) is 17.7. The minimum atomic E-state index is -3.89. The van der Waals surface area contributed by atoms with Crippen molar-refractivity contribution in [3.8, 4) is 0 Å². The predicted octanol–water partition coefficient (Wildman–Crippen LogP) is 4.38. The van der Waals surface area contributed by atoms with Crippen molar-refractivity contribution < 1.29 is 22.6 Å². The van der Waals surface area contributed by atoms with Crippen LogP contribution < -0.4 is 0 Å². The lowest BCUT2D eigenvalue weighted by atomic mass is 10.1. The Morgan fingerprint density at radius 1 is 1.13 bits per heavy atom. The first-order valence-corrected chi connectivity index (χ1v) is 12.3. The van der Waals surface area contributed by atoms with E-state index in [-0.39, 0.29) is 11.4 Å². The van der Waals surface area contributed by atoms with E-state index in [1.54, 1.807) is 44.2 Å². The highest BCUT2D eigenvalue weighted by molar-refractivity contribution is 9.10. The van der Waals surface area contributed by atoms with E-state index in [9.17, 15) is 8.42 Å². The number of aryl methyl sites for hydroxylation is 1. The molecule has 4 atom stereocenters. The van der Waals surface area contributed by atoms with Gasteiger partial charge in [-0.25, -0.2) is 8.42 Å². The molecule has 2 fully saturated rings. The second kappa shape index (κ2) is 8.42.